The molecule has 0 radical (unpaired) electrons. The fourth-order valence-electron chi connectivity index (χ4n) is 4.52. The summed E-state index contributed by atoms with van der Waals surface area (Å²) in [6.07, 6.45) is 35.0. The number of hydrogen-bond acceptors (Lipinski definition) is 8. The largest absolute Gasteiger partial charge is 0.472 e. The number of unbranched alkanes of at least 4 members (excludes halogenated alkanes) is 12. The van der Waals surface area contributed by atoms with Crippen LogP contribution < -0.4 is 0 Å². The topological polar surface area (TPSA) is 132 Å². The molecule has 0 heterocycles. The van der Waals surface area contributed by atoms with E-state index in [-0.39, 0.29) is 13.0 Å². The molecule has 0 aliphatic rings. The van der Waals surface area contributed by atoms with Crippen molar-refractivity contribution in [3.8, 4) is 0 Å². The maximum Gasteiger partial charge on any atom is 0.472 e. The van der Waals surface area contributed by atoms with Crippen LogP contribution in [0.25, 0.3) is 0 Å². The number of hydrogen-bond donors (Lipinski definition) is 3. The molecule has 274 valence electrons. The van der Waals surface area contributed by atoms with E-state index in [0.717, 1.165) is 57.8 Å². The summed E-state index contributed by atoms with van der Waals surface area (Å²) < 4.78 is 33.1. The molecule has 9 nitrogen and oxygen atoms in total. The van der Waals surface area contributed by atoms with Gasteiger partial charge in [0.05, 0.1) is 26.4 Å². The standard InChI is InChI=1S/C37H67O9P/c1-3-5-7-9-11-13-15-16-17-18-19-21-23-25-27-29-37(40)46-36(34-45-47(41,42)44-32-35(39)31-38)33-43-30-28-26-24-22-20-14-12-10-8-6-4-2/h5,7,11,13,16-17,19,21,35-36,38-39H,3-4,6,8-10,12,14-15,18,20,22-34H2,1-2H3,(H,41,42)/b7-5-,13-11-,17-16-,21-19-. The van der Waals surface area contributed by atoms with Crippen LogP contribution in [-0.2, 0) is 27.9 Å². The van der Waals surface area contributed by atoms with Crippen LogP contribution >= 0.6 is 7.82 Å². The first-order valence-corrected chi connectivity index (χ1v) is 19.6. The molecule has 0 aliphatic carbocycles. The molecule has 0 rings (SSSR count). The van der Waals surface area contributed by atoms with E-state index in [2.05, 4.69) is 62.5 Å². The molecule has 0 aromatic rings. The lowest BCUT2D eigenvalue weighted by atomic mass is 10.1. The van der Waals surface area contributed by atoms with Crippen molar-refractivity contribution in [3.63, 3.8) is 0 Å². The molecule has 0 saturated carbocycles. The third kappa shape index (κ3) is 34.1. The van der Waals surface area contributed by atoms with Gasteiger partial charge in [0.25, 0.3) is 0 Å². The number of phosphoric ester groups is 1. The van der Waals surface area contributed by atoms with Crippen molar-refractivity contribution in [2.75, 3.05) is 33.0 Å². The lowest BCUT2D eigenvalue weighted by Crippen LogP contribution is -2.29. The van der Waals surface area contributed by atoms with Crippen LogP contribution in [0.1, 0.15) is 136 Å². The molecule has 0 amide bonds. The van der Waals surface area contributed by atoms with E-state index < -0.39 is 45.8 Å². The molecule has 0 aromatic heterocycles. The minimum atomic E-state index is -4.52. The molecule has 10 heteroatoms. The summed E-state index contributed by atoms with van der Waals surface area (Å²) in [5.41, 5.74) is 0. The lowest BCUT2D eigenvalue weighted by molar-refractivity contribution is -0.154. The molecule has 3 atom stereocenters. The molecule has 0 saturated heterocycles. The van der Waals surface area contributed by atoms with Crippen molar-refractivity contribution in [1.82, 2.24) is 0 Å². The van der Waals surface area contributed by atoms with Gasteiger partial charge in [-0.3, -0.25) is 13.8 Å². The highest BCUT2D eigenvalue weighted by Gasteiger charge is 2.26. The molecule has 0 spiro atoms. The van der Waals surface area contributed by atoms with Crippen LogP contribution in [0.15, 0.2) is 48.6 Å². The van der Waals surface area contributed by atoms with Gasteiger partial charge in [0.1, 0.15) is 12.2 Å². The number of ether oxygens (including phenoxy) is 2. The Hall–Kier alpha value is -1.58. The molecule has 0 aromatic carbocycles. The Bertz CT molecular complexity index is 872. The van der Waals surface area contributed by atoms with E-state index in [1.165, 1.54) is 51.4 Å². The smallest absolute Gasteiger partial charge is 0.457 e. The summed E-state index contributed by atoms with van der Waals surface area (Å²) in [5, 5.41) is 18.2. The maximum atomic E-state index is 12.5. The first-order valence-electron chi connectivity index (χ1n) is 18.1. The monoisotopic (exact) mass is 686 g/mol. The summed E-state index contributed by atoms with van der Waals surface area (Å²) in [4.78, 5) is 22.4. The van der Waals surface area contributed by atoms with Crippen molar-refractivity contribution in [1.29, 1.82) is 0 Å². The van der Waals surface area contributed by atoms with E-state index >= 15 is 0 Å². The Kier molecular flexibility index (Phi) is 33.1. The van der Waals surface area contributed by atoms with Crippen LogP contribution in [0.5, 0.6) is 0 Å². The van der Waals surface area contributed by atoms with Gasteiger partial charge in [-0.2, -0.15) is 0 Å². The number of allylic oxidation sites excluding steroid dienone is 8. The van der Waals surface area contributed by atoms with E-state index in [9.17, 15) is 19.4 Å². The second-order valence-electron chi connectivity index (χ2n) is 11.9. The normalized spacial score (nSPS) is 14.9. The molecule has 0 aliphatic heterocycles. The zero-order chi connectivity index (χ0) is 34.7. The second kappa shape index (κ2) is 34.3. The third-order valence-electron chi connectivity index (χ3n) is 7.28. The summed E-state index contributed by atoms with van der Waals surface area (Å²) in [6.45, 7) is 3.32. The van der Waals surface area contributed by atoms with Crippen molar-refractivity contribution in [2.45, 2.75) is 148 Å². The molecule has 0 fully saturated rings. The van der Waals surface area contributed by atoms with Crippen molar-refractivity contribution in [3.05, 3.63) is 48.6 Å². The van der Waals surface area contributed by atoms with Gasteiger partial charge in [0.15, 0.2) is 0 Å². The molecule has 0 bridgehead atoms. The Morgan fingerprint density at radius 3 is 1.79 bits per heavy atom. The van der Waals surface area contributed by atoms with Crippen molar-refractivity contribution >= 4 is 13.8 Å². The Morgan fingerprint density at radius 1 is 0.681 bits per heavy atom. The summed E-state index contributed by atoms with van der Waals surface area (Å²) in [6, 6.07) is 0. The summed E-state index contributed by atoms with van der Waals surface area (Å²) in [5.74, 6) is -0.425. The fraction of sp³-hybridized carbons (Fsp3) is 0.757. The van der Waals surface area contributed by atoms with Crippen LogP contribution in [0.3, 0.4) is 0 Å². The van der Waals surface area contributed by atoms with Gasteiger partial charge in [0, 0.05) is 13.0 Å². The van der Waals surface area contributed by atoms with Gasteiger partial charge in [-0.1, -0.05) is 127 Å². The quantitative estimate of drug-likeness (QED) is 0.0262. The number of rotatable bonds is 34. The van der Waals surface area contributed by atoms with Crippen LogP contribution in [0.4, 0.5) is 0 Å². The summed E-state index contributed by atoms with van der Waals surface area (Å²) >= 11 is 0. The Morgan fingerprint density at radius 2 is 1.21 bits per heavy atom. The molecule has 47 heavy (non-hydrogen) atoms. The van der Waals surface area contributed by atoms with E-state index in [4.69, 9.17) is 23.6 Å². The predicted molar refractivity (Wildman–Crippen MR) is 191 cm³/mol. The highest BCUT2D eigenvalue weighted by molar-refractivity contribution is 7.47. The summed E-state index contributed by atoms with van der Waals surface area (Å²) in [7, 11) is -4.52. The predicted octanol–water partition coefficient (Wildman–Crippen LogP) is 9.08. The third-order valence-corrected chi connectivity index (χ3v) is 8.23. The van der Waals surface area contributed by atoms with Crippen LogP contribution in [-0.4, -0.2) is 66.3 Å². The van der Waals surface area contributed by atoms with Crippen LogP contribution in [0.2, 0.25) is 0 Å². The molecule has 3 unspecified atom stereocenters. The second-order valence-corrected chi connectivity index (χ2v) is 13.3. The minimum absolute atomic E-state index is 0.0325. The van der Waals surface area contributed by atoms with Gasteiger partial charge in [0.2, 0.25) is 0 Å². The Balaban J connectivity index is 4.35. The van der Waals surface area contributed by atoms with Gasteiger partial charge in [-0.25, -0.2) is 4.57 Å². The number of carbonyl (C=O) groups excluding carboxylic acids is 1. The molecule has 3 N–H and O–H groups in total. The zero-order valence-corrected chi connectivity index (χ0v) is 30.4. The van der Waals surface area contributed by atoms with Crippen LogP contribution in [0, 0.1) is 0 Å². The van der Waals surface area contributed by atoms with E-state index in [1.807, 2.05) is 0 Å². The van der Waals surface area contributed by atoms with Crippen molar-refractivity contribution in [2.24, 2.45) is 0 Å². The zero-order valence-electron chi connectivity index (χ0n) is 29.5. The van der Waals surface area contributed by atoms with Gasteiger partial charge < -0.3 is 24.6 Å². The number of esters is 1. The first kappa shape index (κ1) is 45.4. The molecular formula is C37H67O9P. The van der Waals surface area contributed by atoms with Gasteiger partial charge in [-0.05, 0) is 51.4 Å². The number of aliphatic hydroxyl groups is 2. The average Bonchev–Trinajstić information content (AvgIpc) is 3.06. The number of phosphoric acid groups is 1. The lowest BCUT2D eigenvalue weighted by Gasteiger charge is -2.20. The van der Waals surface area contributed by atoms with Gasteiger partial charge >= 0.3 is 13.8 Å². The van der Waals surface area contributed by atoms with Gasteiger partial charge in [-0.15, -0.1) is 0 Å². The SMILES string of the molecule is CC/C=C\C/C=C\C/C=C\C/C=C\CCCCC(=O)OC(COCCCCCCCCCCCCC)COP(=O)(O)OCC(O)CO. The Labute approximate surface area is 286 Å². The minimum Gasteiger partial charge on any atom is -0.457 e. The molecular weight excluding hydrogens is 619 g/mol. The maximum absolute atomic E-state index is 12.5. The van der Waals surface area contributed by atoms with E-state index in [1.54, 1.807) is 0 Å². The average molecular weight is 687 g/mol. The van der Waals surface area contributed by atoms with E-state index in [0.29, 0.717) is 13.0 Å². The fourth-order valence-corrected chi connectivity index (χ4v) is 5.31. The highest BCUT2D eigenvalue weighted by atomic mass is 31.2. The van der Waals surface area contributed by atoms with Crippen molar-refractivity contribution < 1.29 is 43.0 Å². The number of carbonyl (C=O) groups is 1. The highest BCUT2D eigenvalue weighted by Crippen LogP contribution is 2.43. The first-order chi connectivity index (χ1) is 22.8. The number of aliphatic hydroxyl groups excluding tert-OH is 2.